The van der Waals surface area contributed by atoms with Crippen molar-refractivity contribution >= 4 is 43.5 Å². The molecule has 0 heterocycles. The van der Waals surface area contributed by atoms with Gasteiger partial charge in [0.15, 0.2) is 0 Å². The van der Waals surface area contributed by atoms with Gasteiger partial charge < -0.3 is 0 Å². The third kappa shape index (κ3) is 2.75. The molecule has 0 N–H and O–H groups in total. The highest BCUT2D eigenvalue weighted by molar-refractivity contribution is 9.11. The Bertz CT molecular complexity index is 253. The van der Waals surface area contributed by atoms with Crippen LogP contribution in [0, 0.1) is 5.92 Å². The van der Waals surface area contributed by atoms with Crippen LogP contribution in [-0.4, -0.2) is 5.88 Å². The molecule has 0 fully saturated rings. The summed E-state index contributed by atoms with van der Waals surface area (Å²) in [5.74, 6) is 1.75. The summed E-state index contributed by atoms with van der Waals surface area (Å²) in [6.45, 7) is 2.03. The second-order valence-electron chi connectivity index (χ2n) is 2.57. The normalized spacial score (nSPS) is 10.8. The van der Waals surface area contributed by atoms with Gasteiger partial charge in [0.25, 0.3) is 0 Å². The zero-order chi connectivity index (χ0) is 9.14. The van der Waals surface area contributed by atoms with Crippen LogP contribution in [0.25, 0.3) is 0 Å². The summed E-state index contributed by atoms with van der Waals surface area (Å²) in [4.78, 5) is 0. The van der Waals surface area contributed by atoms with Gasteiger partial charge in [-0.25, -0.2) is 0 Å². The number of halogens is 3. The van der Waals surface area contributed by atoms with E-state index in [-0.39, 0.29) is 0 Å². The van der Waals surface area contributed by atoms with E-state index in [1.807, 2.05) is 13.0 Å². The molecule has 0 unspecified atom stereocenters. The molecule has 0 spiro atoms. The van der Waals surface area contributed by atoms with Gasteiger partial charge in [-0.2, -0.15) is 0 Å². The second-order valence-corrected chi connectivity index (χ2v) is 4.67. The molecule has 0 aromatic heterocycles. The molecule has 1 aromatic rings. The van der Waals surface area contributed by atoms with Gasteiger partial charge in [-0.1, -0.05) is 38.8 Å². The molecule has 12 heavy (non-hydrogen) atoms. The highest BCUT2D eigenvalue weighted by Crippen LogP contribution is 2.25. The lowest BCUT2D eigenvalue weighted by atomic mass is 10.0. The van der Waals surface area contributed by atoms with Crippen molar-refractivity contribution in [2.45, 2.75) is 6.92 Å². The van der Waals surface area contributed by atoms with E-state index in [1.165, 1.54) is 11.5 Å². The lowest BCUT2D eigenvalue weighted by Crippen LogP contribution is -1.95. The first kappa shape index (κ1) is 10.6. The monoisotopic (exact) mass is 309 g/mol. The third-order valence-electron chi connectivity index (χ3n) is 1.56. The average Bonchev–Trinajstić information content (AvgIpc) is 2.01. The Morgan fingerprint density at radius 3 is 2.17 bits per heavy atom. The summed E-state index contributed by atoms with van der Waals surface area (Å²) >= 11 is 12.6. The van der Waals surface area contributed by atoms with Crippen LogP contribution in [0.2, 0.25) is 0 Å². The van der Waals surface area contributed by atoms with E-state index < -0.39 is 0 Å². The molecular formula is C9H8Br2Cl. The fourth-order valence-corrected chi connectivity index (χ4v) is 2.33. The van der Waals surface area contributed by atoms with Crippen molar-refractivity contribution in [2.75, 3.05) is 5.88 Å². The van der Waals surface area contributed by atoms with Crippen LogP contribution in [-0.2, 0) is 0 Å². The van der Waals surface area contributed by atoms with Crippen molar-refractivity contribution < 1.29 is 0 Å². The Hall–Kier alpha value is 0.470. The summed E-state index contributed by atoms with van der Waals surface area (Å²) in [5, 5.41) is 0. The first-order chi connectivity index (χ1) is 5.63. The summed E-state index contributed by atoms with van der Waals surface area (Å²) < 4.78 is 2.13. The summed E-state index contributed by atoms with van der Waals surface area (Å²) in [6, 6.07) is 6.12. The molecule has 1 aromatic carbocycles. The van der Waals surface area contributed by atoms with Crippen LogP contribution >= 0.6 is 43.5 Å². The molecule has 1 rings (SSSR count). The first-order valence-electron chi connectivity index (χ1n) is 3.48. The maximum absolute atomic E-state index is 5.72. The standard InChI is InChI=1S/C9H8Br2Cl/c1-6(5-12)7-2-8(10)4-9(11)3-7/h2-4H,5H2,1H3. The summed E-state index contributed by atoms with van der Waals surface area (Å²) in [7, 11) is 0. The molecule has 0 nitrogen and oxygen atoms in total. The number of hydrogen-bond acceptors (Lipinski definition) is 0. The van der Waals surface area contributed by atoms with Gasteiger partial charge in [0.2, 0.25) is 0 Å². The minimum Gasteiger partial charge on any atom is -0.126 e. The molecule has 1 radical (unpaired) electrons. The lowest BCUT2D eigenvalue weighted by molar-refractivity contribution is 1.15. The number of hydrogen-bond donors (Lipinski definition) is 0. The summed E-state index contributed by atoms with van der Waals surface area (Å²) in [6.07, 6.45) is 0. The Kier molecular flexibility index (Phi) is 4.08. The SMILES string of the molecule is C[C](CCl)c1cc(Br)cc(Br)c1. The van der Waals surface area contributed by atoms with Crippen LogP contribution in [0.4, 0.5) is 0 Å². The van der Waals surface area contributed by atoms with Crippen molar-refractivity contribution in [3.63, 3.8) is 0 Å². The van der Waals surface area contributed by atoms with E-state index in [4.69, 9.17) is 11.6 Å². The predicted molar refractivity (Wildman–Crippen MR) is 60.6 cm³/mol. The minimum atomic E-state index is 0.572. The Balaban J connectivity index is 3.00. The smallest absolute Gasteiger partial charge is 0.0326 e. The van der Waals surface area contributed by atoms with Gasteiger partial charge in [-0.3, -0.25) is 0 Å². The number of alkyl halides is 1. The van der Waals surface area contributed by atoms with Crippen molar-refractivity contribution in [1.29, 1.82) is 0 Å². The molecule has 0 saturated heterocycles. The van der Waals surface area contributed by atoms with E-state index in [2.05, 4.69) is 44.0 Å². The van der Waals surface area contributed by atoms with Gasteiger partial charge in [0, 0.05) is 20.7 Å². The predicted octanol–water partition coefficient (Wildman–Crippen LogP) is 4.39. The quantitative estimate of drug-likeness (QED) is 0.711. The van der Waals surface area contributed by atoms with Gasteiger partial charge in [-0.15, -0.1) is 11.6 Å². The topological polar surface area (TPSA) is 0 Å². The summed E-state index contributed by atoms with van der Waals surface area (Å²) in [5.41, 5.74) is 1.17. The minimum absolute atomic E-state index is 0.572. The van der Waals surface area contributed by atoms with E-state index >= 15 is 0 Å². The van der Waals surface area contributed by atoms with E-state index in [0.717, 1.165) is 8.95 Å². The number of benzene rings is 1. The van der Waals surface area contributed by atoms with Crippen molar-refractivity contribution in [3.8, 4) is 0 Å². The van der Waals surface area contributed by atoms with Crippen LogP contribution in [0.15, 0.2) is 27.1 Å². The molecule has 0 atom stereocenters. The molecule has 0 bridgehead atoms. The molecule has 0 aliphatic heterocycles. The Labute approximate surface area is 94.6 Å². The molecule has 0 saturated carbocycles. The molecular weight excluding hydrogens is 303 g/mol. The fourth-order valence-electron chi connectivity index (χ4n) is 0.877. The zero-order valence-electron chi connectivity index (χ0n) is 6.57. The Morgan fingerprint density at radius 2 is 1.75 bits per heavy atom. The highest BCUT2D eigenvalue weighted by Gasteiger charge is 2.05. The molecule has 0 amide bonds. The van der Waals surface area contributed by atoms with E-state index in [9.17, 15) is 0 Å². The first-order valence-corrected chi connectivity index (χ1v) is 5.60. The average molecular weight is 311 g/mol. The Morgan fingerprint density at radius 1 is 1.25 bits per heavy atom. The van der Waals surface area contributed by atoms with Crippen LogP contribution in [0.3, 0.4) is 0 Å². The molecule has 0 aliphatic rings. The molecule has 65 valence electrons. The van der Waals surface area contributed by atoms with Gasteiger partial charge >= 0.3 is 0 Å². The second kappa shape index (κ2) is 4.64. The van der Waals surface area contributed by atoms with Gasteiger partial charge in [0.1, 0.15) is 0 Å². The number of rotatable bonds is 2. The van der Waals surface area contributed by atoms with Crippen molar-refractivity contribution in [1.82, 2.24) is 0 Å². The maximum atomic E-state index is 5.72. The molecule has 0 aliphatic carbocycles. The lowest BCUT2D eigenvalue weighted by Gasteiger charge is -2.07. The van der Waals surface area contributed by atoms with Gasteiger partial charge in [0.05, 0.1) is 0 Å². The molecule has 3 heteroatoms. The van der Waals surface area contributed by atoms with Crippen LogP contribution in [0.1, 0.15) is 12.5 Å². The third-order valence-corrected chi connectivity index (χ3v) is 2.87. The van der Waals surface area contributed by atoms with Crippen molar-refractivity contribution in [2.24, 2.45) is 0 Å². The van der Waals surface area contributed by atoms with Gasteiger partial charge in [-0.05, 0) is 23.8 Å². The largest absolute Gasteiger partial charge is 0.126 e. The van der Waals surface area contributed by atoms with E-state index in [1.54, 1.807) is 0 Å². The highest BCUT2D eigenvalue weighted by atomic mass is 79.9. The van der Waals surface area contributed by atoms with Crippen LogP contribution in [0.5, 0.6) is 0 Å². The van der Waals surface area contributed by atoms with E-state index in [0.29, 0.717) is 5.88 Å². The van der Waals surface area contributed by atoms with Crippen LogP contribution < -0.4 is 0 Å². The fraction of sp³-hybridized carbons (Fsp3) is 0.222. The van der Waals surface area contributed by atoms with Crippen molar-refractivity contribution in [3.05, 3.63) is 38.6 Å². The maximum Gasteiger partial charge on any atom is 0.0326 e. The zero-order valence-corrected chi connectivity index (χ0v) is 10.5.